The molecular formula is C18H18N4O3S. The number of hydrogen-bond donors (Lipinski definition) is 1. The molecule has 0 bridgehead atoms. The van der Waals surface area contributed by atoms with Gasteiger partial charge >= 0.3 is 0 Å². The highest BCUT2D eigenvalue weighted by atomic mass is 32.2. The van der Waals surface area contributed by atoms with Crippen LogP contribution in [0.1, 0.15) is 12.1 Å². The van der Waals surface area contributed by atoms with Crippen molar-refractivity contribution < 1.29 is 14.3 Å². The maximum atomic E-state index is 12.1. The molecular weight excluding hydrogens is 352 g/mol. The van der Waals surface area contributed by atoms with Crippen LogP contribution in [0.2, 0.25) is 0 Å². The molecule has 1 aromatic carbocycles. The number of imidazole rings is 1. The molecule has 0 atom stereocenters. The molecule has 0 radical (unpaired) electrons. The van der Waals surface area contributed by atoms with Crippen molar-refractivity contribution in [1.29, 1.82) is 0 Å². The van der Waals surface area contributed by atoms with Crippen LogP contribution in [0.5, 0.6) is 11.5 Å². The van der Waals surface area contributed by atoms with E-state index in [2.05, 4.69) is 15.3 Å². The molecule has 7 nitrogen and oxygen atoms in total. The van der Waals surface area contributed by atoms with Crippen LogP contribution < -0.4 is 14.8 Å². The highest BCUT2D eigenvalue weighted by molar-refractivity contribution is 7.99. The van der Waals surface area contributed by atoms with E-state index in [0.29, 0.717) is 31.9 Å². The maximum Gasteiger partial charge on any atom is 0.221 e. The average Bonchev–Trinajstić information content (AvgIpc) is 3.09. The van der Waals surface area contributed by atoms with E-state index in [4.69, 9.17) is 9.47 Å². The molecule has 3 heterocycles. The zero-order valence-corrected chi connectivity index (χ0v) is 14.9. The Hall–Kier alpha value is -2.74. The first-order chi connectivity index (χ1) is 12.8. The molecule has 0 unspecified atom stereocenters. The molecule has 3 aromatic rings. The lowest BCUT2D eigenvalue weighted by atomic mass is 10.3. The monoisotopic (exact) mass is 370 g/mol. The van der Waals surface area contributed by atoms with Crippen LogP contribution in [-0.4, -0.2) is 39.2 Å². The second kappa shape index (κ2) is 7.65. The Balaban J connectivity index is 1.25. The van der Waals surface area contributed by atoms with Gasteiger partial charge in [-0.1, -0.05) is 0 Å². The molecule has 4 rings (SSSR count). The fourth-order valence-electron chi connectivity index (χ4n) is 2.68. The third-order valence-corrected chi connectivity index (χ3v) is 4.97. The fourth-order valence-corrected chi connectivity index (χ4v) is 3.56. The molecule has 26 heavy (non-hydrogen) atoms. The molecule has 1 aliphatic rings. The van der Waals surface area contributed by atoms with Crippen molar-refractivity contribution in [3.8, 4) is 11.5 Å². The maximum absolute atomic E-state index is 12.1. The second-order valence-corrected chi connectivity index (χ2v) is 6.90. The average molecular weight is 370 g/mol. The van der Waals surface area contributed by atoms with E-state index in [-0.39, 0.29) is 5.91 Å². The van der Waals surface area contributed by atoms with E-state index in [1.807, 2.05) is 28.8 Å². The molecule has 0 saturated heterocycles. The summed E-state index contributed by atoms with van der Waals surface area (Å²) in [6.07, 6.45) is 7.42. The van der Waals surface area contributed by atoms with Gasteiger partial charge in [-0.3, -0.25) is 14.2 Å². The topological polar surface area (TPSA) is 77.8 Å². The van der Waals surface area contributed by atoms with E-state index in [1.165, 1.54) is 0 Å². The summed E-state index contributed by atoms with van der Waals surface area (Å²) in [6.45, 7) is 1.60. The normalized spacial score (nSPS) is 12.9. The summed E-state index contributed by atoms with van der Waals surface area (Å²) in [5.74, 6) is 2.26. The zero-order valence-electron chi connectivity index (χ0n) is 14.1. The van der Waals surface area contributed by atoms with E-state index < -0.39 is 0 Å². The minimum atomic E-state index is 0.0130. The van der Waals surface area contributed by atoms with Gasteiger partial charge in [0, 0.05) is 29.5 Å². The van der Waals surface area contributed by atoms with Gasteiger partial charge in [0.05, 0.1) is 24.6 Å². The number of nitrogens with zero attached hydrogens (tertiary/aromatic N) is 3. The van der Waals surface area contributed by atoms with Crippen LogP contribution in [0.4, 0.5) is 0 Å². The molecule has 0 aliphatic carbocycles. The Morgan fingerprint density at radius 2 is 2.12 bits per heavy atom. The van der Waals surface area contributed by atoms with Crippen LogP contribution in [0.3, 0.4) is 0 Å². The van der Waals surface area contributed by atoms with E-state index >= 15 is 0 Å². The zero-order chi connectivity index (χ0) is 17.8. The molecule has 2 aromatic heterocycles. The van der Waals surface area contributed by atoms with Gasteiger partial charge in [-0.2, -0.15) is 0 Å². The number of ether oxygens (including phenoxy) is 2. The molecule has 1 aliphatic heterocycles. The number of nitrogens with one attached hydrogen (secondary N) is 1. The summed E-state index contributed by atoms with van der Waals surface area (Å²) in [6, 6.07) is 5.86. The van der Waals surface area contributed by atoms with Crippen LogP contribution in [0.15, 0.2) is 47.9 Å². The number of carbonyl (C=O) groups is 1. The Bertz CT molecular complexity index is 928. The lowest BCUT2D eigenvalue weighted by Crippen LogP contribution is -2.23. The van der Waals surface area contributed by atoms with Crippen molar-refractivity contribution in [1.82, 2.24) is 19.7 Å². The van der Waals surface area contributed by atoms with Crippen molar-refractivity contribution >= 4 is 23.3 Å². The minimum Gasteiger partial charge on any atom is -0.486 e. The smallest absolute Gasteiger partial charge is 0.221 e. The standard InChI is InChI=1S/C18H18N4O3S/c23-18(21-11-13-10-20-17-12-19-4-5-22(13)17)3-8-26-14-1-2-15-16(9-14)25-7-6-24-15/h1-2,4-5,9-10,12H,3,6-8,11H2,(H,21,23). The number of hydrogen-bond acceptors (Lipinski definition) is 6. The van der Waals surface area contributed by atoms with Crippen molar-refractivity contribution in [2.75, 3.05) is 19.0 Å². The van der Waals surface area contributed by atoms with Gasteiger partial charge in [-0.05, 0) is 18.2 Å². The van der Waals surface area contributed by atoms with Crippen molar-refractivity contribution in [2.24, 2.45) is 0 Å². The van der Waals surface area contributed by atoms with Gasteiger partial charge in [-0.25, -0.2) is 4.98 Å². The number of carbonyl (C=O) groups excluding carboxylic acids is 1. The molecule has 0 fully saturated rings. The Labute approximate surface area is 154 Å². The number of aromatic nitrogens is 3. The van der Waals surface area contributed by atoms with Gasteiger partial charge in [0.2, 0.25) is 5.91 Å². The highest BCUT2D eigenvalue weighted by Gasteiger charge is 2.12. The lowest BCUT2D eigenvalue weighted by Gasteiger charge is -2.18. The first kappa shape index (κ1) is 16.7. The van der Waals surface area contributed by atoms with E-state index in [0.717, 1.165) is 27.7 Å². The number of fused-ring (bicyclic) bond motifs is 2. The SMILES string of the molecule is O=C(CCSc1ccc2c(c1)OCCO2)NCc1cnc2cnccn12. The molecule has 134 valence electrons. The van der Waals surface area contributed by atoms with Crippen molar-refractivity contribution in [2.45, 2.75) is 17.9 Å². The summed E-state index contributed by atoms with van der Waals surface area (Å²) < 4.78 is 13.0. The second-order valence-electron chi connectivity index (χ2n) is 5.73. The third kappa shape index (κ3) is 3.75. The summed E-state index contributed by atoms with van der Waals surface area (Å²) in [7, 11) is 0. The number of amides is 1. The minimum absolute atomic E-state index is 0.0130. The summed E-state index contributed by atoms with van der Waals surface area (Å²) in [5.41, 5.74) is 1.70. The third-order valence-electron chi connectivity index (χ3n) is 3.97. The fraction of sp³-hybridized carbons (Fsp3) is 0.278. The van der Waals surface area contributed by atoms with Gasteiger partial charge in [0.15, 0.2) is 17.1 Å². The first-order valence-corrected chi connectivity index (χ1v) is 9.33. The van der Waals surface area contributed by atoms with Crippen LogP contribution >= 0.6 is 11.8 Å². The van der Waals surface area contributed by atoms with Crippen molar-refractivity contribution in [3.05, 3.63) is 48.7 Å². The predicted molar refractivity (Wildman–Crippen MR) is 97.6 cm³/mol. The quantitative estimate of drug-likeness (QED) is 0.671. The Morgan fingerprint density at radius 1 is 1.23 bits per heavy atom. The number of rotatable bonds is 6. The first-order valence-electron chi connectivity index (χ1n) is 8.35. The van der Waals surface area contributed by atoms with E-state index in [1.54, 1.807) is 30.4 Å². The molecule has 0 spiro atoms. The highest BCUT2D eigenvalue weighted by Crippen LogP contribution is 2.34. The van der Waals surface area contributed by atoms with E-state index in [9.17, 15) is 4.79 Å². The summed E-state index contributed by atoms with van der Waals surface area (Å²) in [5, 5.41) is 2.94. The van der Waals surface area contributed by atoms with Gasteiger partial charge in [0.25, 0.3) is 0 Å². The predicted octanol–water partition coefficient (Wildman–Crippen LogP) is 2.30. The molecule has 1 N–H and O–H groups in total. The van der Waals surface area contributed by atoms with Gasteiger partial charge in [0.1, 0.15) is 13.2 Å². The van der Waals surface area contributed by atoms with Gasteiger partial charge in [-0.15, -0.1) is 11.8 Å². The molecule has 1 amide bonds. The largest absolute Gasteiger partial charge is 0.486 e. The van der Waals surface area contributed by atoms with Crippen LogP contribution in [0.25, 0.3) is 5.65 Å². The Morgan fingerprint density at radius 3 is 3.04 bits per heavy atom. The van der Waals surface area contributed by atoms with Crippen molar-refractivity contribution in [3.63, 3.8) is 0 Å². The van der Waals surface area contributed by atoms with Gasteiger partial charge < -0.3 is 14.8 Å². The molecule has 0 saturated carbocycles. The summed E-state index contributed by atoms with van der Waals surface area (Å²) in [4.78, 5) is 21.4. The number of thioether (sulfide) groups is 1. The number of benzene rings is 1. The summed E-state index contributed by atoms with van der Waals surface area (Å²) >= 11 is 1.63. The van der Waals surface area contributed by atoms with Crippen LogP contribution in [0, 0.1) is 0 Å². The Kier molecular flexibility index (Phi) is 4.92. The van der Waals surface area contributed by atoms with Crippen LogP contribution in [-0.2, 0) is 11.3 Å². The lowest BCUT2D eigenvalue weighted by molar-refractivity contribution is -0.120. The molecule has 8 heteroatoms.